The molecule has 7 nitrogen and oxygen atoms in total. The Morgan fingerprint density at radius 2 is 1.83 bits per heavy atom. The van der Waals surface area contributed by atoms with Crippen LogP contribution in [-0.4, -0.2) is 36.3 Å². The molecule has 0 aliphatic carbocycles. The molecule has 2 atom stereocenters. The normalized spacial score (nSPS) is 15.3. The fraction of sp³-hybridized carbons (Fsp3) is 0.389. The molecular weight excluding hydrogens is 407 g/mol. The van der Waals surface area contributed by atoms with Crippen LogP contribution >= 0.6 is 0 Å². The van der Waals surface area contributed by atoms with Gasteiger partial charge in [-0.3, -0.25) is 5.14 Å². The molecule has 1 aromatic heterocycles. The first-order chi connectivity index (χ1) is 13.2. The number of aromatic nitrogens is 2. The summed E-state index contributed by atoms with van der Waals surface area (Å²) in [5.74, 6) is -0.529. The minimum Gasteiger partial charge on any atom is -0.388 e. The Labute approximate surface area is 167 Å². The van der Waals surface area contributed by atoms with E-state index in [9.17, 15) is 22.5 Å². The lowest BCUT2D eigenvalue weighted by atomic mass is 10.0. The summed E-state index contributed by atoms with van der Waals surface area (Å²) in [6.45, 7) is 6.09. The second-order valence-electron chi connectivity index (χ2n) is 7.01. The lowest BCUT2D eigenvalue weighted by Crippen LogP contribution is -2.40. The molecule has 0 amide bonds. The van der Waals surface area contributed by atoms with Crippen LogP contribution in [0.2, 0.25) is 0 Å². The summed E-state index contributed by atoms with van der Waals surface area (Å²) in [7, 11) is -2.74. The number of hydrogen-bond donors (Lipinski definition) is 4. The van der Waals surface area contributed by atoms with Gasteiger partial charge in [-0.25, -0.2) is 9.19 Å². The first kappa shape index (κ1) is 22.9. The van der Waals surface area contributed by atoms with Gasteiger partial charge in [0.1, 0.15) is 11.4 Å². The van der Waals surface area contributed by atoms with Crippen LogP contribution in [0.1, 0.15) is 33.3 Å². The number of nitrogens with one attached hydrogen (secondary N) is 2. The maximum absolute atomic E-state index is 13.3. The maximum atomic E-state index is 13.3. The molecule has 0 bridgehead atoms. The average Bonchev–Trinajstić information content (AvgIpc) is 2.60. The smallest absolute Gasteiger partial charge is 0.388 e. The molecule has 2 rings (SSSR count). The highest BCUT2D eigenvalue weighted by Crippen LogP contribution is 2.35. The number of halogens is 3. The number of anilines is 3. The predicted molar refractivity (Wildman–Crippen MR) is 108 cm³/mol. The van der Waals surface area contributed by atoms with Gasteiger partial charge in [-0.05, 0) is 57.3 Å². The van der Waals surface area contributed by atoms with E-state index in [0.29, 0.717) is 16.8 Å². The monoisotopic (exact) mass is 431 g/mol. The minimum absolute atomic E-state index is 0.0771. The van der Waals surface area contributed by atoms with Gasteiger partial charge in [0.25, 0.3) is 0 Å². The zero-order valence-corrected chi connectivity index (χ0v) is 17.2. The highest BCUT2D eigenvalue weighted by molar-refractivity contribution is 7.99. The molecule has 0 aliphatic heterocycles. The van der Waals surface area contributed by atoms with Crippen LogP contribution < -0.4 is 15.8 Å². The predicted octanol–water partition coefficient (Wildman–Crippen LogP) is 3.15. The maximum Gasteiger partial charge on any atom is 0.421 e. The van der Waals surface area contributed by atoms with E-state index in [1.165, 1.54) is 19.2 Å². The summed E-state index contributed by atoms with van der Waals surface area (Å²) in [5.41, 5.74) is -1.85. The van der Waals surface area contributed by atoms with Crippen molar-refractivity contribution in [3.8, 4) is 0 Å². The number of alkyl halides is 3. The van der Waals surface area contributed by atoms with Crippen molar-refractivity contribution in [2.75, 3.05) is 10.6 Å². The Bertz CT molecular complexity index is 978. The van der Waals surface area contributed by atoms with E-state index < -0.39 is 38.9 Å². The highest BCUT2D eigenvalue weighted by Gasteiger charge is 2.36. The lowest BCUT2D eigenvalue weighted by Gasteiger charge is -2.28. The van der Waals surface area contributed by atoms with E-state index in [0.717, 1.165) is 0 Å². The molecular formula is C18H24F3N5O2S. The zero-order valence-electron chi connectivity index (χ0n) is 16.4. The number of nitrogens with zero attached hydrogens (tertiary/aromatic N) is 2. The Kier molecular flexibility index (Phi) is 6.45. The van der Waals surface area contributed by atoms with Gasteiger partial charge in [0.2, 0.25) is 5.95 Å². The van der Waals surface area contributed by atoms with Crippen molar-refractivity contribution in [3.63, 3.8) is 0 Å². The Morgan fingerprint density at radius 1 is 1.24 bits per heavy atom. The number of aliphatic hydroxyl groups is 1. The molecule has 0 saturated heterocycles. The quantitative estimate of drug-likeness (QED) is 0.523. The molecule has 160 valence electrons. The molecule has 29 heavy (non-hydrogen) atoms. The molecule has 1 heterocycles. The van der Waals surface area contributed by atoms with Crippen molar-refractivity contribution in [2.45, 2.75) is 50.4 Å². The fourth-order valence-electron chi connectivity index (χ4n) is 2.16. The molecule has 5 N–H and O–H groups in total. The van der Waals surface area contributed by atoms with Crippen molar-refractivity contribution in [3.05, 3.63) is 36.0 Å². The van der Waals surface area contributed by atoms with E-state index in [2.05, 4.69) is 20.6 Å². The third-order valence-corrected chi connectivity index (χ3v) is 6.05. The molecule has 1 aromatic carbocycles. The van der Waals surface area contributed by atoms with Crippen molar-refractivity contribution in [1.82, 2.24) is 9.97 Å². The minimum atomic E-state index is -4.67. The number of nitrogens with two attached hydrogens (primary N) is 1. The average molecular weight is 431 g/mol. The summed E-state index contributed by atoms with van der Waals surface area (Å²) < 4.78 is 52.0. The van der Waals surface area contributed by atoms with Gasteiger partial charge < -0.3 is 15.7 Å². The SMILES string of the molecule is CC=S(N)(=O)c1ccc(Nc2ncc(C(F)(F)F)c(N[C@H](C)C(C)(C)O)n2)cc1. The second kappa shape index (κ2) is 8.17. The van der Waals surface area contributed by atoms with Gasteiger partial charge >= 0.3 is 6.18 Å². The van der Waals surface area contributed by atoms with Crippen molar-refractivity contribution in [1.29, 1.82) is 0 Å². The molecule has 0 spiro atoms. The molecule has 0 fully saturated rings. The first-order valence-electron chi connectivity index (χ1n) is 8.65. The highest BCUT2D eigenvalue weighted by atomic mass is 32.2. The van der Waals surface area contributed by atoms with Gasteiger partial charge in [-0.2, -0.15) is 18.2 Å². The van der Waals surface area contributed by atoms with Crippen LogP contribution in [0.3, 0.4) is 0 Å². The van der Waals surface area contributed by atoms with Crippen molar-refractivity contribution < 1.29 is 22.5 Å². The van der Waals surface area contributed by atoms with Crippen LogP contribution in [-0.2, 0) is 15.9 Å². The van der Waals surface area contributed by atoms with Gasteiger partial charge in [-0.15, -0.1) is 0 Å². The van der Waals surface area contributed by atoms with Crippen molar-refractivity contribution in [2.24, 2.45) is 5.14 Å². The fourth-order valence-corrected chi connectivity index (χ4v) is 2.99. The van der Waals surface area contributed by atoms with Gasteiger partial charge in [0.15, 0.2) is 0 Å². The summed E-state index contributed by atoms with van der Waals surface area (Å²) in [6.07, 6.45) is -4.00. The van der Waals surface area contributed by atoms with Crippen LogP contribution in [0.4, 0.5) is 30.6 Å². The number of benzene rings is 1. The Hall–Kier alpha value is -2.37. The van der Waals surface area contributed by atoms with Gasteiger partial charge in [0, 0.05) is 16.8 Å². The Balaban J connectivity index is 2.35. The van der Waals surface area contributed by atoms with E-state index >= 15 is 0 Å². The standard InChI is InChI=1S/C18H24F3N5O2S/c1-5-29(22,28)13-8-6-12(7-9-13)25-16-23-10-14(18(19,20)21)15(26-16)24-11(2)17(3,4)27/h5-11,27H,1-4H3,(H2,22,28)(H2,23,24,25,26)/t11-,29?/m1/s1. The number of hydrogen-bond acceptors (Lipinski definition) is 6. The number of rotatable bonds is 6. The molecule has 0 saturated carbocycles. The van der Waals surface area contributed by atoms with E-state index in [1.807, 2.05) is 0 Å². The first-order valence-corrected chi connectivity index (χ1v) is 10.3. The third-order valence-electron chi connectivity index (χ3n) is 4.34. The molecule has 2 aromatic rings. The van der Waals surface area contributed by atoms with Crippen LogP contribution in [0, 0.1) is 0 Å². The Morgan fingerprint density at radius 3 is 2.31 bits per heavy atom. The molecule has 0 radical (unpaired) electrons. The molecule has 11 heteroatoms. The van der Waals surface area contributed by atoms with E-state index in [4.69, 9.17) is 5.14 Å². The molecule has 1 unspecified atom stereocenters. The summed E-state index contributed by atoms with van der Waals surface area (Å²) >= 11 is 0. The zero-order chi connectivity index (χ0) is 22.0. The van der Waals surface area contributed by atoms with Crippen LogP contribution in [0.25, 0.3) is 0 Å². The summed E-state index contributed by atoms with van der Waals surface area (Å²) in [5, 5.41) is 22.5. The van der Waals surface area contributed by atoms with Crippen molar-refractivity contribution >= 4 is 32.5 Å². The molecule has 0 aliphatic rings. The largest absolute Gasteiger partial charge is 0.421 e. The van der Waals surface area contributed by atoms with Crippen LogP contribution in [0.5, 0.6) is 0 Å². The summed E-state index contributed by atoms with van der Waals surface area (Å²) in [6, 6.07) is 5.51. The van der Waals surface area contributed by atoms with E-state index in [1.54, 1.807) is 38.1 Å². The topological polar surface area (TPSA) is 113 Å². The van der Waals surface area contributed by atoms with E-state index in [-0.39, 0.29) is 5.95 Å². The lowest BCUT2D eigenvalue weighted by molar-refractivity contribution is -0.137. The van der Waals surface area contributed by atoms with Gasteiger partial charge in [0.05, 0.1) is 21.4 Å². The second-order valence-corrected chi connectivity index (χ2v) is 9.24. The van der Waals surface area contributed by atoms with Gasteiger partial charge in [-0.1, -0.05) is 0 Å². The third kappa shape index (κ3) is 5.81. The summed E-state index contributed by atoms with van der Waals surface area (Å²) in [4.78, 5) is 8.07. The van der Waals surface area contributed by atoms with Crippen LogP contribution in [0.15, 0.2) is 35.4 Å².